The molecule has 0 fully saturated rings. The van der Waals surface area contributed by atoms with Crippen molar-refractivity contribution in [2.24, 2.45) is 0 Å². The molecule has 2 rings (SSSR count). The van der Waals surface area contributed by atoms with Crippen LogP contribution in [0.1, 0.15) is 5.82 Å². The molecule has 1 aromatic rings. The molecule has 0 atom stereocenters. The number of aryl methyl sites for hydroxylation is 1. The van der Waals surface area contributed by atoms with Crippen LogP contribution in [0, 0.1) is 6.92 Å². The molecular weight excluding hydrogens is 172 g/mol. The second-order valence-electron chi connectivity index (χ2n) is 2.02. The SMILES string of the molecule is Cc1nc2cn1OS(=O)(=O)O2. The summed E-state index contributed by atoms with van der Waals surface area (Å²) in [6.07, 6.45) is 1.34. The van der Waals surface area contributed by atoms with Crippen molar-refractivity contribution in [1.82, 2.24) is 9.71 Å². The zero-order valence-corrected chi connectivity index (χ0v) is 6.33. The second kappa shape index (κ2) is 1.67. The highest BCUT2D eigenvalue weighted by atomic mass is 32.3. The number of hydrogen-bond donors (Lipinski definition) is 0. The van der Waals surface area contributed by atoms with Crippen molar-refractivity contribution in [3.8, 4) is 5.88 Å². The first kappa shape index (κ1) is 6.47. The first-order valence-electron chi connectivity index (χ1n) is 2.77. The molecule has 0 saturated heterocycles. The summed E-state index contributed by atoms with van der Waals surface area (Å²) in [4.78, 5) is 3.72. The van der Waals surface area contributed by atoms with Gasteiger partial charge in [-0.05, 0) is 6.92 Å². The van der Waals surface area contributed by atoms with Crippen LogP contribution < -0.4 is 8.47 Å². The molecule has 7 heteroatoms. The van der Waals surface area contributed by atoms with E-state index in [2.05, 4.69) is 13.5 Å². The first-order chi connectivity index (χ1) is 5.07. The van der Waals surface area contributed by atoms with Crippen molar-refractivity contribution in [3.63, 3.8) is 0 Å². The van der Waals surface area contributed by atoms with Crippen LogP contribution in [0.2, 0.25) is 0 Å². The third-order valence-electron chi connectivity index (χ3n) is 1.18. The number of fused-ring (bicyclic) bond motifs is 2. The highest BCUT2D eigenvalue weighted by molar-refractivity contribution is 7.82. The van der Waals surface area contributed by atoms with Gasteiger partial charge in [0.25, 0.3) is 5.88 Å². The fourth-order valence-electron chi connectivity index (χ4n) is 0.765. The molecule has 1 aliphatic rings. The molecular formula is C4H4N2O4S. The molecule has 0 amide bonds. The minimum atomic E-state index is -3.91. The van der Waals surface area contributed by atoms with E-state index in [9.17, 15) is 8.42 Å². The van der Waals surface area contributed by atoms with Gasteiger partial charge in [-0.3, -0.25) is 4.28 Å². The molecule has 0 spiro atoms. The average Bonchev–Trinajstić information content (AvgIpc) is 2.05. The van der Waals surface area contributed by atoms with Gasteiger partial charge in [-0.25, -0.2) is 0 Å². The van der Waals surface area contributed by atoms with Gasteiger partial charge in [0.2, 0.25) is 0 Å². The van der Waals surface area contributed by atoms with Crippen molar-refractivity contribution < 1.29 is 16.9 Å². The molecule has 0 radical (unpaired) electrons. The van der Waals surface area contributed by atoms with Crippen molar-refractivity contribution >= 4 is 10.4 Å². The van der Waals surface area contributed by atoms with Gasteiger partial charge in [0, 0.05) is 0 Å². The fraction of sp³-hybridized carbons (Fsp3) is 0.250. The van der Waals surface area contributed by atoms with E-state index in [0.29, 0.717) is 5.82 Å². The molecule has 0 unspecified atom stereocenters. The largest absolute Gasteiger partial charge is 0.522 e. The Labute approximate surface area is 62.7 Å². The summed E-state index contributed by atoms with van der Waals surface area (Å²) in [5, 5.41) is 0. The van der Waals surface area contributed by atoms with Gasteiger partial charge in [-0.15, -0.1) is 13.1 Å². The van der Waals surface area contributed by atoms with Crippen LogP contribution in [0.3, 0.4) is 0 Å². The van der Waals surface area contributed by atoms with Crippen molar-refractivity contribution in [1.29, 1.82) is 0 Å². The lowest BCUT2D eigenvalue weighted by atomic mass is 10.7. The Hall–Kier alpha value is -1.24. The van der Waals surface area contributed by atoms with Gasteiger partial charge >= 0.3 is 10.4 Å². The fourth-order valence-corrected chi connectivity index (χ4v) is 1.43. The molecule has 6 nitrogen and oxygen atoms in total. The third-order valence-corrected chi connectivity index (χ3v) is 1.90. The lowest BCUT2D eigenvalue weighted by Crippen LogP contribution is -2.26. The molecule has 2 heterocycles. The Morgan fingerprint density at radius 1 is 1.64 bits per heavy atom. The van der Waals surface area contributed by atoms with E-state index in [0.717, 1.165) is 4.73 Å². The summed E-state index contributed by atoms with van der Waals surface area (Å²) in [5.74, 6) is 0.467. The Morgan fingerprint density at radius 3 is 3.00 bits per heavy atom. The summed E-state index contributed by atoms with van der Waals surface area (Å²) >= 11 is 0. The maximum absolute atomic E-state index is 10.7. The Balaban J connectivity index is 2.61. The minimum absolute atomic E-state index is 0.0359. The van der Waals surface area contributed by atoms with E-state index in [4.69, 9.17) is 0 Å². The standard InChI is InChI=1S/C4H4N2O4S/c1-3-5-4-2-6(3)10-11(7,8)9-4/h2H,1H3. The number of hydrogen-bond acceptors (Lipinski definition) is 5. The van der Waals surface area contributed by atoms with Crippen LogP contribution in [0.25, 0.3) is 0 Å². The van der Waals surface area contributed by atoms with Crippen LogP contribution in [-0.4, -0.2) is 18.1 Å². The maximum Gasteiger partial charge on any atom is 0.522 e. The maximum atomic E-state index is 10.7. The highest BCUT2D eigenvalue weighted by Gasteiger charge is 2.25. The number of imidazole rings is 1. The van der Waals surface area contributed by atoms with E-state index in [1.54, 1.807) is 6.92 Å². The van der Waals surface area contributed by atoms with Gasteiger partial charge in [0.15, 0.2) is 0 Å². The first-order valence-corrected chi connectivity index (χ1v) is 4.10. The zero-order chi connectivity index (χ0) is 8.06. The Bertz CT molecular complexity index is 388. The Kier molecular flexibility index (Phi) is 0.984. The monoisotopic (exact) mass is 176 g/mol. The van der Waals surface area contributed by atoms with Gasteiger partial charge in [0.1, 0.15) is 12.0 Å². The van der Waals surface area contributed by atoms with E-state index in [1.807, 2.05) is 0 Å². The summed E-state index contributed by atoms with van der Waals surface area (Å²) < 4.78 is 31.0. The second-order valence-corrected chi connectivity index (χ2v) is 3.15. The van der Waals surface area contributed by atoms with Crippen molar-refractivity contribution in [2.75, 3.05) is 0 Å². The molecule has 1 aliphatic heterocycles. The molecule has 0 saturated carbocycles. The van der Waals surface area contributed by atoms with Gasteiger partial charge < -0.3 is 4.18 Å². The van der Waals surface area contributed by atoms with Gasteiger partial charge in [-0.1, -0.05) is 0 Å². The lowest BCUT2D eigenvalue weighted by molar-refractivity contribution is 0.226. The quantitative estimate of drug-likeness (QED) is 0.520. The molecule has 0 aliphatic carbocycles. The molecule has 11 heavy (non-hydrogen) atoms. The van der Waals surface area contributed by atoms with Crippen molar-refractivity contribution in [2.45, 2.75) is 6.92 Å². The van der Waals surface area contributed by atoms with E-state index in [1.165, 1.54) is 6.20 Å². The highest BCUT2D eigenvalue weighted by Crippen LogP contribution is 2.16. The van der Waals surface area contributed by atoms with Crippen LogP contribution in [0.4, 0.5) is 0 Å². The summed E-state index contributed by atoms with van der Waals surface area (Å²) in [6.45, 7) is 1.60. The van der Waals surface area contributed by atoms with E-state index >= 15 is 0 Å². The normalized spacial score (nSPS) is 18.6. The van der Waals surface area contributed by atoms with E-state index < -0.39 is 10.4 Å². The third kappa shape index (κ3) is 0.929. The molecule has 60 valence electrons. The van der Waals surface area contributed by atoms with Crippen LogP contribution in [-0.2, 0) is 10.4 Å². The lowest BCUT2D eigenvalue weighted by Gasteiger charge is -2.07. The predicted molar refractivity (Wildman–Crippen MR) is 33.1 cm³/mol. The smallest absolute Gasteiger partial charge is 0.329 e. The van der Waals surface area contributed by atoms with Gasteiger partial charge in [-0.2, -0.15) is 4.98 Å². The van der Waals surface area contributed by atoms with Gasteiger partial charge in [0.05, 0.1) is 0 Å². The van der Waals surface area contributed by atoms with Crippen LogP contribution >= 0.6 is 0 Å². The van der Waals surface area contributed by atoms with E-state index in [-0.39, 0.29) is 5.88 Å². The Morgan fingerprint density at radius 2 is 2.36 bits per heavy atom. The molecule has 1 aromatic heterocycles. The van der Waals surface area contributed by atoms with Crippen LogP contribution in [0.15, 0.2) is 6.20 Å². The average molecular weight is 176 g/mol. The minimum Gasteiger partial charge on any atom is -0.329 e. The molecule has 0 aromatic carbocycles. The summed E-state index contributed by atoms with van der Waals surface area (Å²) in [6, 6.07) is 0. The predicted octanol–water partition coefficient (Wildman–Crippen LogP) is -0.743. The van der Waals surface area contributed by atoms with Crippen LogP contribution in [0.5, 0.6) is 5.88 Å². The number of aromatic nitrogens is 2. The van der Waals surface area contributed by atoms with Crippen molar-refractivity contribution in [3.05, 3.63) is 12.0 Å². The summed E-state index contributed by atoms with van der Waals surface area (Å²) in [5.41, 5.74) is 0. The zero-order valence-electron chi connectivity index (χ0n) is 5.51. The number of nitrogens with zero attached hydrogens (tertiary/aromatic N) is 2. The summed E-state index contributed by atoms with van der Waals surface area (Å²) in [7, 11) is -3.91. The molecule has 2 bridgehead atoms. The topological polar surface area (TPSA) is 70.4 Å². The molecule has 0 N–H and O–H groups in total. The number of rotatable bonds is 0.